The summed E-state index contributed by atoms with van der Waals surface area (Å²) in [6.07, 6.45) is -0.146. The molecule has 0 aliphatic rings. The monoisotopic (exact) mass is 391 g/mol. The normalized spacial score (nSPS) is 11.5. The average Bonchev–Trinajstić information content (AvgIpc) is 3.10. The zero-order chi connectivity index (χ0) is 20.8. The number of rotatable bonds is 6. The second-order valence-electron chi connectivity index (χ2n) is 6.39. The van der Waals surface area contributed by atoms with Crippen molar-refractivity contribution >= 4 is 22.8 Å². The van der Waals surface area contributed by atoms with Crippen LogP contribution in [0.4, 0.5) is 0 Å². The summed E-state index contributed by atoms with van der Waals surface area (Å²) < 4.78 is 7.35. The molecule has 0 aliphatic carbocycles. The molecule has 0 radical (unpaired) electrons. The second kappa shape index (κ2) is 8.89. The largest absolute Gasteiger partial charge is 0.481 e. The highest BCUT2D eigenvalue weighted by Gasteiger charge is 2.17. The van der Waals surface area contributed by atoms with E-state index in [-0.39, 0.29) is 12.5 Å². The number of imidazole rings is 1. The van der Waals surface area contributed by atoms with E-state index in [1.165, 1.54) is 0 Å². The maximum Gasteiger partial charge on any atom is 0.279 e. The van der Waals surface area contributed by atoms with Gasteiger partial charge >= 0.3 is 0 Å². The molecular formula is C21H21N5O3. The lowest BCUT2D eigenvalue weighted by Crippen LogP contribution is -2.48. The van der Waals surface area contributed by atoms with E-state index in [0.717, 1.165) is 16.9 Å². The number of para-hydroxylation sites is 2. The van der Waals surface area contributed by atoms with Gasteiger partial charge in [-0.3, -0.25) is 20.4 Å². The number of carbonyl (C=O) groups is 2. The number of nitrogens with one attached hydrogen (secondary N) is 2. The van der Waals surface area contributed by atoms with Crippen LogP contribution in [0.5, 0.6) is 5.75 Å². The number of nitrogens with zero attached hydrogens (tertiary/aromatic N) is 3. The summed E-state index contributed by atoms with van der Waals surface area (Å²) in [4.78, 5) is 29.0. The van der Waals surface area contributed by atoms with Gasteiger partial charge in [-0.05, 0) is 43.3 Å². The summed E-state index contributed by atoms with van der Waals surface area (Å²) in [6, 6.07) is 16.0. The lowest BCUT2D eigenvalue weighted by molar-refractivity contribution is -0.132. The van der Waals surface area contributed by atoms with Crippen molar-refractivity contribution < 1.29 is 14.3 Å². The molecule has 1 atom stereocenters. The van der Waals surface area contributed by atoms with Gasteiger partial charge < -0.3 is 9.30 Å². The SMILES string of the molecule is CCc1nc2ccccc2n1CC(=O)NNC(=O)C(C)Oc1ccc(C#N)cc1. The lowest BCUT2D eigenvalue weighted by Gasteiger charge is -2.15. The minimum absolute atomic E-state index is 0.0365. The molecule has 1 heterocycles. The summed E-state index contributed by atoms with van der Waals surface area (Å²) >= 11 is 0. The number of aromatic nitrogens is 2. The molecule has 8 heteroatoms. The average molecular weight is 391 g/mol. The summed E-state index contributed by atoms with van der Waals surface area (Å²) in [7, 11) is 0. The van der Waals surface area contributed by atoms with E-state index in [0.29, 0.717) is 17.7 Å². The first-order valence-electron chi connectivity index (χ1n) is 9.21. The molecule has 0 bridgehead atoms. The van der Waals surface area contributed by atoms with Crippen LogP contribution < -0.4 is 15.6 Å². The van der Waals surface area contributed by atoms with Crippen LogP contribution >= 0.6 is 0 Å². The van der Waals surface area contributed by atoms with Gasteiger partial charge in [-0.1, -0.05) is 19.1 Å². The van der Waals surface area contributed by atoms with Crippen molar-refractivity contribution in [3.63, 3.8) is 0 Å². The van der Waals surface area contributed by atoms with Crippen molar-refractivity contribution in [2.24, 2.45) is 0 Å². The molecule has 0 saturated heterocycles. The maximum atomic E-state index is 12.3. The van der Waals surface area contributed by atoms with Gasteiger partial charge in [-0.2, -0.15) is 5.26 Å². The van der Waals surface area contributed by atoms with E-state index in [1.54, 1.807) is 31.2 Å². The summed E-state index contributed by atoms with van der Waals surface area (Å²) in [6.45, 7) is 3.58. The first-order valence-corrected chi connectivity index (χ1v) is 9.21. The number of hydrogen-bond donors (Lipinski definition) is 2. The van der Waals surface area contributed by atoms with Crippen molar-refractivity contribution in [1.82, 2.24) is 20.4 Å². The van der Waals surface area contributed by atoms with E-state index in [9.17, 15) is 9.59 Å². The van der Waals surface area contributed by atoms with Crippen LogP contribution in [0.15, 0.2) is 48.5 Å². The molecule has 0 fully saturated rings. The van der Waals surface area contributed by atoms with Crippen LogP contribution in [-0.4, -0.2) is 27.5 Å². The molecule has 0 aliphatic heterocycles. The Labute approximate surface area is 168 Å². The molecule has 29 heavy (non-hydrogen) atoms. The van der Waals surface area contributed by atoms with Crippen molar-refractivity contribution in [2.45, 2.75) is 32.9 Å². The van der Waals surface area contributed by atoms with Crippen molar-refractivity contribution in [3.05, 3.63) is 59.9 Å². The number of hydrazine groups is 1. The Morgan fingerprint density at radius 2 is 1.90 bits per heavy atom. The molecule has 3 rings (SSSR count). The Balaban J connectivity index is 1.56. The molecule has 0 spiro atoms. The number of ether oxygens (including phenoxy) is 1. The van der Waals surface area contributed by atoms with Crippen LogP contribution in [0.1, 0.15) is 25.2 Å². The van der Waals surface area contributed by atoms with Gasteiger partial charge in [-0.25, -0.2) is 4.98 Å². The molecule has 2 aromatic carbocycles. The highest BCUT2D eigenvalue weighted by molar-refractivity contribution is 5.85. The molecule has 0 saturated carbocycles. The first kappa shape index (κ1) is 19.9. The number of benzene rings is 2. The van der Waals surface area contributed by atoms with Gasteiger partial charge in [0.05, 0.1) is 22.7 Å². The molecule has 1 unspecified atom stereocenters. The Morgan fingerprint density at radius 3 is 2.59 bits per heavy atom. The predicted octanol–water partition coefficient (Wildman–Crippen LogP) is 2.09. The standard InChI is InChI=1S/C21H21N5O3/c1-3-19-23-17-6-4-5-7-18(17)26(19)13-20(27)24-25-21(28)14(2)29-16-10-8-15(12-22)9-11-16/h4-11,14H,3,13H2,1-2H3,(H,24,27)(H,25,28). The first-order chi connectivity index (χ1) is 14.0. The Morgan fingerprint density at radius 1 is 1.17 bits per heavy atom. The fourth-order valence-corrected chi connectivity index (χ4v) is 2.85. The van der Waals surface area contributed by atoms with E-state index in [2.05, 4.69) is 15.8 Å². The van der Waals surface area contributed by atoms with Crippen LogP contribution in [0, 0.1) is 11.3 Å². The van der Waals surface area contributed by atoms with Crippen LogP contribution in [0.2, 0.25) is 0 Å². The summed E-state index contributed by atoms with van der Waals surface area (Å²) in [5.74, 6) is 0.385. The fraction of sp³-hybridized carbons (Fsp3) is 0.238. The minimum atomic E-state index is -0.830. The topological polar surface area (TPSA) is 109 Å². The summed E-state index contributed by atoms with van der Waals surface area (Å²) in [5.41, 5.74) is 6.97. The van der Waals surface area contributed by atoms with E-state index in [4.69, 9.17) is 10.00 Å². The van der Waals surface area contributed by atoms with Crippen LogP contribution in [0.3, 0.4) is 0 Å². The van der Waals surface area contributed by atoms with E-state index >= 15 is 0 Å². The van der Waals surface area contributed by atoms with Gasteiger partial charge in [-0.15, -0.1) is 0 Å². The second-order valence-corrected chi connectivity index (χ2v) is 6.39. The van der Waals surface area contributed by atoms with Gasteiger partial charge in [0, 0.05) is 6.42 Å². The third-order valence-electron chi connectivity index (χ3n) is 4.34. The molecular weight excluding hydrogens is 370 g/mol. The minimum Gasteiger partial charge on any atom is -0.481 e. The van der Waals surface area contributed by atoms with Gasteiger partial charge in [0.25, 0.3) is 11.8 Å². The Kier molecular flexibility index (Phi) is 6.09. The molecule has 3 aromatic rings. The number of amides is 2. The van der Waals surface area contributed by atoms with Gasteiger partial charge in [0.1, 0.15) is 18.1 Å². The highest BCUT2D eigenvalue weighted by Crippen LogP contribution is 2.16. The van der Waals surface area contributed by atoms with E-state index < -0.39 is 12.0 Å². The molecule has 2 amide bonds. The fourth-order valence-electron chi connectivity index (χ4n) is 2.85. The van der Waals surface area contributed by atoms with Crippen molar-refractivity contribution in [3.8, 4) is 11.8 Å². The zero-order valence-corrected chi connectivity index (χ0v) is 16.2. The third kappa shape index (κ3) is 4.71. The van der Waals surface area contributed by atoms with Crippen LogP contribution in [-0.2, 0) is 22.6 Å². The quantitative estimate of drug-likeness (QED) is 0.626. The predicted molar refractivity (Wildman–Crippen MR) is 107 cm³/mol. The maximum absolute atomic E-state index is 12.3. The van der Waals surface area contributed by atoms with E-state index in [1.807, 2.05) is 41.8 Å². The van der Waals surface area contributed by atoms with Crippen molar-refractivity contribution in [1.29, 1.82) is 5.26 Å². The summed E-state index contributed by atoms with van der Waals surface area (Å²) in [5, 5.41) is 8.80. The number of aryl methyl sites for hydroxylation is 1. The lowest BCUT2D eigenvalue weighted by atomic mass is 10.2. The molecule has 1 aromatic heterocycles. The van der Waals surface area contributed by atoms with Crippen LogP contribution in [0.25, 0.3) is 11.0 Å². The number of nitriles is 1. The van der Waals surface area contributed by atoms with Gasteiger partial charge in [0.15, 0.2) is 6.10 Å². The number of hydrogen-bond acceptors (Lipinski definition) is 5. The number of fused-ring (bicyclic) bond motifs is 1. The molecule has 2 N–H and O–H groups in total. The third-order valence-corrected chi connectivity index (χ3v) is 4.34. The number of carbonyl (C=O) groups excluding carboxylic acids is 2. The van der Waals surface area contributed by atoms with Crippen molar-refractivity contribution in [2.75, 3.05) is 0 Å². The molecule has 8 nitrogen and oxygen atoms in total. The highest BCUT2D eigenvalue weighted by atomic mass is 16.5. The zero-order valence-electron chi connectivity index (χ0n) is 16.2. The smallest absolute Gasteiger partial charge is 0.279 e. The Bertz CT molecular complexity index is 1070. The van der Waals surface area contributed by atoms with Gasteiger partial charge in [0.2, 0.25) is 0 Å². The molecule has 148 valence electrons. The Hall–Kier alpha value is -3.86.